The van der Waals surface area contributed by atoms with E-state index in [2.05, 4.69) is 17.2 Å². The molecule has 3 aromatic carbocycles. The number of amides is 1. The number of nitrogens with two attached hydrogens (primary N) is 1. The van der Waals surface area contributed by atoms with Crippen LogP contribution in [0.3, 0.4) is 0 Å². The lowest BCUT2D eigenvalue weighted by Gasteiger charge is -2.08. The highest BCUT2D eigenvalue weighted by Crippen LogP contribution is 2.31. The molecule has 0 aliphatic carbocycles. The first kappa shape index (κ1) is 21.4. The van der Waals surface area contributed by atoms with Gasteiger partial charge in [0, 0.05) is 17.3 Å². The molecule has 1 heterocycles. The number of aromatic nitrogens is 2. The summed E-state index contributed by atoms with van der Waals surface area (Å²) in [5, 5.41) is 4.48. The molecule has 4 rings (SSSR count). The Morgan fingerprint density at radius 2 is 1.59 bits per heavy atom. The highest BCUT2D eigenvalue weighted by Gasteiger charge is 2.30. The van der Waals surface area contributed by atoms with E-state index in [0.29, 0.717) is 11.3 Å². The van der Waals surface area contributed by atoms with Crippen molar-refractivity contribution in [3.8, 4) is 16.9 Å². The van der Waals surface area contributed by atoms with E-state index in [-0.39, 0.29) is 12.1 Å². The number of carbonyl (C=O) groups excluding carboxylic acids is 1. The van der Waals surface area contributed by atoms with Crippen LogP contribution in [0.2, 0.25) is 0 Å². The number of hydrogen-bond donors (Lipinski definition) is 1. The number of hydrogen-bond acceptors (Lipinski definition) is 2. The summed E-state index contributed by atoms with van der Waals surface area (Å²) in [7, 11) is 0. The molecule has 0 saturated heterocycles. The van der Waals surface area contributed by atoms with Gasteiger partial charge in [-0.1, -0.05) is 60.7 Å². The van der Waals surface area contributed by atoms with Gasteiger partial charge in [0.05, 0.1) is 23.4 Å². The van der Waals surface area contributed by atoms with Gasteiger partial charge >= 0.3 is 6.18 Å². The lowest BCUT2D eigenvalue weighted by atomic mass is 10.0. The van der Waals surface area contributed by atoms with Crippen molar-refractivity contribution in [1.82, 2.24) is 9.78 Å². The highest BCUT2D eigenvalue weighted by atomic mass is 19.4. The molecule has 4 aromatic rings. The van der Waals surface area contributed by atoms with Gasteiger partial charge in [-0.25, -0.2) is 4.68 Å². The van der Waals surface area contributed by atoms with E-state index in [9.17, 15) is 18.0 Å². The standard InChI is InChI=1S/C25H20F3N3O/c26-25(27,28)21-7-4-8-22(15-21)31-16-20(14-23(29)32)24(30-31)19-11-9-18(10-12-19)13-17-5-2-1-3-6-17/h1-12,15-16H,13-14H2,(H2,29,32). The fraction of sp³-hybridized carbons (Fsp3) is 0.120. The maximum absolute atomic E-state index is 13.1. The molecule has 0 aliphatic heterocycles. The number of primary amides is 1. The molecule has 0 unspecified atom stereocenters. The molecule has 0 fully saturated rings. The van der Waals surface area contributed by atoms with Crippen LogP contribution in [0.4, 0.5) is 13.2 Å². The summed E-state index contributed by atoms with van der Waals surface area (Å²) >= 11 is 0. The minimum absolute atomic E-state index is 0.0694. The molecule has 32 heavy (non-hydrogen) atoms. The third-order valence-electron chi connectivity index (χ3n) is 5.07. The van der Waals surface area contributed by atoms with Crippen molar-refractivity contribution in [2.24, 2.45) is 5.73 Å². The Morgan fingerprint density at radius 1 is 0.906 bits per heavy atom. The molecule has 2 N–H and O–H groups in total. The number of benzene rings is 3. The predicted molar refractivity (Wildman–Crippen MR) is 116 cm³/mol. The van der Waals surface area contributed by atoms with E-state index in [4.69, 9.17) is 5.73 Å². The smallest absolute Gasteiger partial charge is 0.369 e. The zero-order valence-electron chi connectivity index (χ0n) is 17.0. The van der Waals surface area contributed by atoms with E-state index < -0.39 is 17.6 Å². The molecule has 0 bridgehead atoms. The Hall–Kier alpha value is -3.87. The zero-order valence-corrected chi connectivity index (χ0v) is 17.0. The Morgan fingerprint density at radius 3 is 2.25 bits per heavy atom. The average molecular weight is 435 g/mol. The van der Waals surface area contributed by atoms with Gasteiger partial charge in [0.25, 0.3) is 0 Å². The van der Waals surface area contributed by atoms with Crippen molar-refractivity contribution in [3.63, 3.8) is 0 Å². The molecule has 1 amide bonds. The molecule has 0 radical (unpaired) electrons. The van der Waals surface area contributed by atoms with E-state index >= 15 is 0 Å². The normalized spacial score (nSPS) is 11.5. The van der Waals surface area contributed by atoms with Crippen LogP contribution < -0.4 is 5.73 Å². The van der Waals surface area contributed by atoms with Crippen LogP contribution in [0, 0.1) is 0 Å². The third kappa shape index (κ3) is 4.88. The number of alkyl halides is 3. The summed E-state index contributed by atoms with van der Waals surface area (Å²) in [4.78, 5) is 11.6. The summed E-state index contributed by atoms with van der Waals surface area (Å²) in [5.74, 6) is -0.546. The molecule has 0 aliphatic rings. The molecule has 7 heteroatoms. The van der Waals surface area contributed by atoms with Crippen molar-refractivity contribution >= 4 is 5.91 Å². The molecule has 0 spiro atoms. The average Bonchev–Trinajstić information content (AvgIpc) is 3.18. The molecule has 0 atom stereocenters. The van der Waals surface area contributed by atoms with Gasteiger partial charge < -0.3 is 5.73 Å². The first-order chi connectivity index (χ1) is 15.3. The van der Waals surface area contributed by atoms with Crippen LogP contribution in [-0.4, -0.2) is 15.7 Å². The van der Waals surface area contributed by atoms with Crippen molar-refractivity contribution < 1.29 is 18.0 Å². The minimum atomic E-state index is -4.46. The third-order valence-corrected chi connectivity index (χ3v) is 5.07. The van der Waals surface area contributed by atoms with Crippen molar-refractivity contribution in [2.75, 3.05) is 0 Å². The molecule has 4 nitrogen and oxygen atoms in total. The van der Waals surface area contributed by atoms with Gasteiger partial charge in [-0.2, -0.15) is 18.3 Å². The number of halogens is 3. The molecular formula is C25H20F3N3O. The van der Waals surface area contributed by atoms with E-state index in [0.717, 1.165) is 29.7 Å². The van der Waals surface area contributed by atoms with Crippen LogP contribution in [0.25, 0.3) is 16.9 Å². The van der Waals surface area contributed by atoms with E-state index in [1.807, 2.05) is 42.5 Å². The fourth-order valence-corrected chi connectivity index (χ4v) is 3.54. The zero-order chi connectivity index (χ0) is 22.7. The van der Waals surface area contributed by atoms with Gasteiger partial charge in [-0.3, -0.25) is 4.79 Å². The van der Waals surface area contributed by atoms with Crippen LogP contribution in [0.5, 0.6) is 0 Å². The summed E-state index contributed by atoms with van der Waals surface area (Å²) in [5.41, 5.74) is 8.96. The van der Waals surface area contributed by atoms with Crippen molar-refractivity contribution in [2.45, 2.75) is 19.0 Å². The van der Waals surface area contributed by atoms with Crippen molar-refractivity contribution in [3.05, 3.63) is 107 Å². The quantitative estimate of drug-likeness (QED) is 0.454. The summed E-state index contributed by atoms with van der Waals surface area (Å²) < 4.78 is 40.7. The Kier molecular flexibility index (Phi) is 5.81. The Bertz CT molecular complexity index is 1230. The molecule has 1 aromatic heterocycles. The van der Waals surface area contributed by atoms with Gasteiger partial charge in [-0.15, -0.1) is 0 Å². The summed E-state index contributed by atoms with van der Waals surface area (Å²) in [6, 6.07) is 22.6. The Balaban J connectivity index is 1.68. The first-order valence-corrected chi connectivity index (χ1v) is 9.97. The molecule has 0 saturated carbocycles. The monoisotopic (exact) mass is 435 g/mol. The van der Waals surface area contributed by atoms with Gasteiger partial charge in [-0.05, 0) is 35.7 Å². The van der Waals surface area contributed by atoms with Gasteiger partial charge in [0.15, 0.2) is 0 Å². The second kappa shape index (κ2) is 8.70. The van der Waals surface area contributed by atoms with Crippen LogP contribution in [0.15, 0.2) is 85.1 Å². The van der Waals surface area contributed by atoms with Crippen LogP contribution in [-0.2, 0) is 23.8 Å². The lowest BCUT2D eigenvalue weighted by molar-refractivity contribution is -0.137. The first-order valence-electron chi connectivity index (χ1n) is 9.97. The largest absolute Gasteiger partial charge is 0.416 e. The predicted octanol–water partition coefficient (Wildman–Crippen LogP) is 5.18. The highest BCUT2D eigenvalue weighted by molar-refractivity contribution is 5.79. The van der Waals surface area contributed by atoms with Gasteiger partial charge in [0.1, 0.15) is 0 Å². The number of rotatable bonds is 6. The minimum Gasteiger partial charge on any atom is -0.369 e. The molecular weight excluding hydrogens is 415 g/mol. The maximum atomic E-state index is 13.1. The summed E-state index contributed by atoms with van der Waals surface area (Å²) in [6.45, 7) is 0. The maximum Gasteiger partial charge on any atom is 0.416 e. The lowest BCUT2D eigenvalue weighted by Crippen LogP contribution is -2.13. The number of nitrogens with zero attached hydrogens (tertiary/aromatic N) is 2. The second-order valence-corrected chi connectivity index (χ2v) is 7.50. The van der Waals surface area contributed by atoms with Crippen LogP contribution >= 0.6 is 0 Å². The Labute approximate surface area is 183 Å². The number of carbonyl (C=O) groups is 1. The fourth-order valence-electron chi connectivity index (χ4n) is 3.54. The molecule has 162 valence electrons. The SMILES string of the molecule is NC(=O)Cc1cn(-c2cccc(C(F)(F)F)c2)nc1-c1ccc(Cc2ccccc2)cc1. The van der Waals surface area contributed by atoms with E-state index in [1.54, 1.807) is 6.20 Å². The van der Waals surface area contributed by atoms with Gasteiger partial charge in [0.2, 0.25) is 5.91 Å². The second-order valence-electron chi connectivity index (χ2n) is 7.50. The topological polar surface area (TPSA) is 60.9 Å². The van der Waals surface area contributed by atoms with E-state index in [1.165, 1.54) is 22.4 Å². The summed E-state index contributed by atoms with van der Waals surface area (Å²) in [6.07, 6.45) is -2.21. The van der Waals surface area contributed by atoms with Crippen LogP contribution in [0.1, 0.15) is 22.3 Å². The van der Waals surface area contributed by atoms with Crippen molar-refractivity contribution in [1.29, 1.82) is 0 Å².